The van der Waals surface area contributed by atoms with Gasteiger partial charge in [-0.25, -0.2) is 0 Å². The third kappa shape index (κ3) is 5.78. The molecule has 0 aliphatic heterocycles. The lowest BCUT2D eigenvalue weighted by molar-refractivity contribution is -0.116. The van der Waals surface area contributed by atoms with Crippen molar-refractivity contribution in [2.45, 2.75) is 39.4 Å². The van der Waals surface area contributed by atoms with Crippen LogP contribution in [0.25, 0.3) is 0 Å². The van der Waals surface area contributed by atoms with E-state index >= 15 is 0 Å². The summed E-state index contributed by atoms with van der Waals surface area (Å²) in [7, 11) is -1.12. The van der Waals surface area contributed by atoms with Gasteiger partial charge < -0.3 is 9.47 Å². The van der Waals surface area contributed by atoms with Crippen molar-refractivity contribution in [3.63, 3.8) is 0 Å². The lowest BCUT2D eigenvalue weighted by Crippen LogP contribution is -2.30. The summed E-state index contributed by atoms with van der Waals surface area (Å²) in [5.74, 6) is 0.204. The average molecular weight is 339 g/mol. The number of Topliss-reactive ketones (excluding diaryl/α,β-unsaturated/α-hetero) is 1. The first-order valence-corrected chi connectivity index (χ1v) is 11.3. The maximum absolute atomic E-state index is 11.4. The minimum atomic E-state index is -1.12. The molecule has 0 aliphatic carbocycles. The highest BCUT2D eigenvalue weighted by Crippen LogP contribution is 2.13. The van der Waals surface area contributed by atoms with Crippen molar-refractivity contribution in [1.82, 2.24) is 4.67 Å². The molecule has 2 aromatic rings. The quantitative estimate of drug-likeness (QED) is 0.409. The van der Waals surface area contributed by atoms with Gasteiger partial charge in [0.05, 0.1) is 12.3 Å². The number of ketones is 1. The first-order chi connectivity index (χ1) is 11.6. The molecule has 24 heavy (non-hydrogen) atoms. The molecule has 0 atom stereocenters. The molecule has 3 nitrogen and oxygen atoms in total. The number of hydrogen-bond acceptors (Lipinski definition) is 3. The van der Waals surface area contributed by atoms with E-state index in [2.05, 4.69) is 54.2 Å². The molecule has 2 rings (SSSR count). The molecule has 0 radical (unpaired) electrons. The monoisotopic (exact) mass is 338 g/mol. The summed E-state index contributed by atoms with van der Waals surface area (Å²) in [5.41, 5.74) is 3.37. The molecule has 0 saturated heterocycles. The van der Waals surface area contributed by atoms with Gasteiger partial charge in [-0.2, -0.15) is 5.10 Å². The van der Waals surface area contributed by atoms with Crippen molar-refractivity contribution in [2.24, 2.45) is 5.10 Å². The second-order valence-electron chi connectivity index (χ2n) is 6.29. The Bertz CT molecular complexity index is 669. The van der Waals surface area contributed by atoms with Crippen molar-refractivity contribution < 1.29 is 4.79 Å². The lowest BCUT2D eigenvalue weighted by atomic mass is 10.0. The van der Waals surface area contributed by atoms with Crippen LogP contribution in [0.15, 0.2) is 65.8 Å². The van der Waals surface area contributed by atoms with Crippen LogP contribution in [0.5, 0.6) is 0 Å². The van der Waals surface area contributed by atoms with Crippen molar-refractivity contribution in [2.75, 3.05) is 0 Å². The molecule has 126 valence electrons. The van der Waals surface area contributed by atoms with Crippen LogP contribution in [-0.4, -0.2) is 25.1 Å². The Balaban J connectivity index is 2.27. The predicted octanol–water partition coefficient (Wildman–Crippen LogP) is 4.25. The van der Waals surface area contributed by atoms with E-state index in [0.29, 0.717) is 12.8 Å². The Morgan fingerprint density at radius 2 is 1.54 bits per heavy atom. The van der Waals surface area contributed by atoms with Crippen LogP contribution in [0.2, 0.25) is 13.1 Å². The van der Waals surface area contributed by atoms with Crippen LogP contribution >= 0.6 is 0 Å². The van der Waals surface area contributed by atoms with Crippen molar-refractivity contribution in [1.29, 1.82) is 0 Å². The molecular formula is C20H26N2OSi. The number of benzene rings is 2. The van der Waals surface area contributed by atoms with Gasteiger partial charge in [-0.3, -0.25) is 0 Å². The third-order valence-corrected chi connectivity index (χ3v) is 5.34. The van der Waals surface area contributed by atoms with Crippen LogP contribution in [0, 0.1) is 0 Å². The van der Waals surface area contributed by atoms with Gasteiger partial charge in [-0.1, -0.05) is 73.8 Å². The van der Waals surface area contributed by atoms with Crippen molar-refractivity contribution in [3.05, 3.63) is 71.8 Å². The second kappa shape index (κ2) is 9.18. The van der Waals surface area contributed by atoms with Crippen molar-refractivity contribution in [3.8, 4) is 0 Å². The Morgan fingerprint density at radius 3 is 2.08 bits per heavy atom. The molecule has 0 spiro atoms. The summed E-state index contributed by atoms with van der Waals surface area (Å²) in [5, 5.41) is 4.97. The van der Waals surface area contributed by atoms with Gasteiger partial charge in [0.25, 0.3) is 0 Å². The zero-order valence-electron chi connectivity index (χ0n) is 14.8. The Morgan fingerprint density at radius 1 is 0.958 bits per heavy atom. The van der Waals surface area contributed by atoms with Gasteiger partial charge in [-0.15, -0.1) is 0 Å². The van der Waals surface area contributed by atoms with E-state index in [-0.39, 0.29) is 5.78 Å². The highest BCUT2D eigenvalue weighted by atomic mass is 28.3. The maximum atomic E-state index is 11.4. The fraction of sp³-hybridized carbons (Fsp3) is 0.300. The Hall–Kier alpha value is -2.20. The summed E-state index contributed by atoms with van der Waals surface area (Å²) >= 11 is 0. The zero-order valence-corrected chi connectivity index (χ0v) is 15.9. The number of rotatable bonds is 8. The van der Waals surface area contributed by atoms with Crippen LogP contribution in [0.1, 0.15) is 30.9 Å². The van der Waals surface area contributed by atoms with E-state index in [1.165, 1.54) is 5.56 Å². The molecule has 0 fully saturated rings. The molecule has 0 N–H and O–H groups in total. The second-order valence-corrected chi connectivity index (χ2v) is 9.08. The van der Waals surface area contributed by atoms with E-state index in [1.807, 2.05) is 24.3 Å². The molecule has 0 unspecified atom stereocenters. The first kappa shape index (κ1) is 18.1. The standard InChI is InChI=1S/C20H26N2OSi/c1-17(23)14-15-20(19-12-8-5-9-13-19)21-22(24(2)3)16-18-10-6-4-7-11-18/h4-13,24H,14-16H2,1-3H3. The van der Waals surface area contributed by atoms with Crippen LogP contribution in [-0.2, 0) is 11.3 Å². The molecule has 2 aromatic carbocycles. The number of hydrogen-bond donors (Lipinski definition) is 0. The highest BCUT2D eigenvalue weighted by molar-refractivity contribution is 6.52. The van der Waals surface area contributed by atoms with E-state index < -0.39 is 8.96 Å². The summed E-state index contributed by atoms with van der Waals surface area (Å²) in [6, 6.07) is 20.6. The number of hydrazone groups is 1. The molecule has 0 saturated carbocycles. The van der Waals surface area contributed by atoms with Gasteiger partial charge >= 0.3 is 0 Å². The predicted molar refractivity (Wildman–Crippen MR) is 104 cm³/mol. The maximum Gasteiger partial charge on any atom is 0.157 e. The fourth-order valence-electron chi connectivity index (χ4n) is 2.44. The van der Waals surface area contributed by atoms with Gasteiger partial charge in [-0.05, 0) is 24.5 Å². The zero-order chi connectivity index (χ0) is 17.4. The minimum absolute atomic E-state index is 0.204. The van der Waals surface area contributed by atoms with Gasteiger partial charge in [0.1, 0.15) is 5.78 Å². The Kier molecular flexibility index (Phi) is 6.94. The van der Waals surface area contributed by atoms with E-state index in [0.717, 1.165) is 17.8 Å². The molecule has 4 heteroatoms. The van der Waals surface area contributed by atoms with E-state index in [9.17, 15) is 4.79 Å². The Labute approximate surface area is 146 Å². The van der Waals surface area contributed by atoms with Crippen LogP contribution in [0.3, 0.4) is 0 Å². The van der Waals surface area contributed by atoms with E-state index in [1.54, 1.807) is 6.92 Å². The molecule has 0 amide bonds. The molecule has 0 heterocycles. The molecule has 0 aliphatic rings. The molecule has 0 aromatic heterocycles. The fourth-order valence-corrected chi connectivity index (χ4v) is 3.38. The smallest absolute Gasteiger partial charge is 0.157 e. The SMILES string of the molecule is CC(=O)CCC(=NN(Cc1ccccc1)[SiH](C)C)c1ccccc1. The van der Waals surface area contributed by atoms with E-state index in [4.69, 9.17) is 5.10 Å². The topological polar surface area (TPSA) is 32.7 Å². The summed E-state index contributed by atoms with van der Waals surface area (Å²) < 4.78 is 2.23. The largest absolute Gasteiger partial charge is 0.324 e. The summed E-state index contributed by atoms with van der Waals surface area (Å²) in [6.07, 6.45) is 1.22. The van der Waals surface area contributed by atoms with Gasteiger partial charge in [0, 0.05) is 6.42 Å². The van der Waals surface area contributed by atoms with Crippen LogP contribution in [0.4, 0.5) is 0 Å². The lowest BCUT2D eigenvalue weighted by Gasteiger charge is -2.25. The summed E-state index contributed by atoms with van der Waals surface area (Å²) in [4.78, 5) is 11.4. The van der Waals surface area contributed by atoms with Crippen LogP contribution < -0.4 is 0 Å². The first-order valence-electron chi connectivity index (χ1n) is 8.49. The number of nitrogens with zero attached hydrogens (tertiary/aromatic N) is 2. The molecule has 0 bridgehead atoms. The number of carbonyl (C=O) groups excluding carboxylic acids is 1. The molecular weight excluding hydrogens is 312 g/mol. The average Bonchev–Trinajstić information content (AvgIpc) is 2.59. The van der Waals surface area contributed by atoms with Crippen molar-refractivity contribution >= 4 is 20.5 Å². The normalized spacial score (nSPS) is 11.6. The summed E-state index contributed by atoms with van der Waals surface area (Å²) in [6.45, 7) is 7.02. The number of carbonyl (C=O) groups is 1. The third-order valence-electron chi connectivity index (χ3n) is 3.85. The van der Waals surface area contributed by atoms with Gasteiger partial charge in [0.15, 0.2) is 8.96 Å². The van der Waals surface area contributed by atoms with Gasteiger partial charge in [0.2, 0.25) is 0 Å². The highest BCUT2D eigenvalue weighted by Gasteiger charge is 2.12. The minimum Gasteiger partial charge on any atom is -0.324 e.